The van der Waals surface area contributed by atoms with Gasteiger partial charge in [0, 0.05) is 24.6 Å². The normalized spacial score (nSPS) is 26.1. The quantitative estimate of drug-likeness (QED) is 0.600. The number of alkyl halides is 2. The number of likely N-dealkylation sites (tertiary alicyclic amines) is 1. The molecule has 6 heteroatoms. The molecule has 1 atom stereocenters. The molecule has 0 aromatic heterocycles. The highest BCUT2D eigenvalue weighted by molar-refractivity contribution is 6.53. The first kappa shape index (κ1) is 17.6. The van der Waals surface area contributed by atoms with Crippen molar-refractivity contribution in [2.24, 2.45) is 11.3 Å². The van der Waals surface area contributed by atoms with Gasteiger partial charge in [0.15, 0.2) is 5.78 Å². The molecule has 3 rings (SSSR count). The number of halogens is 2. The summed E-state index contributed by atoms with van der Waals surface area (Å²) in [4.78, 5) is 27.0. The number of carbonyl (C=O) groups excluding carboxylic acids is 2. The lowest BCUT2D eigenvalue weighted by atomic mass is 9.88. The van der Waals surface area contributed by atoms with E-state index in [1.165, 1.54) is 0 Å². The minimum absolute atomic E-state index is 0.00264. The van der Waals surface area contributed by atoms with Crippen LogP contribution in [0.25, 0.3) is 0 Å². The van der Waals surface area contributed by atoms with Gasteiger partial charge in [0.05, 0.1) is 12.5 Å². The van der Waals surface area contributed by atoms with Crippen molar-refractivity contribution in [3.05, 3.63) is 29.8 Å². The number of benzene rings is 1. The van der Waals surface area contributed by atoms with Crippen molar-refractivity contribution in [3.8, 4) is 5.75 Å². The van der Waals surface area contributed by atoms with Crippen LogP contribution in [0.1, 0.15) is 36.5 Å². The summed E-state index contributed by atoms with van der Waals surface area (Å²) in [5.41, 5.74) is 0.0124. The molecule has 130 valence electrons. The largest absolute Gasteiger partial charge is 0.497 e. The van der Waals surface area contributed by atoms with Crippen LogP contribution < -0.4 is 4.74 Å². The number of methoxy groups -OCH3 is 1. The molecule has 1 aliphatic carbocycles. The van der Waals surface area contributed by atoms with E-state index in [1.807, 2.05) is 6.92 Å². The van der Waals surface area contributed by atoms with E-state index in [1.54, 1.807) is 36.3 Å². The van der Waals surface area contributed by atoms with Crippen molar-refractivity contribution in [1.82, 2.24) is 4.90 Å². The first-order valence-electron chi connectivity index (χ1n) is 8.14. The van der Waals surface area contributed by atoms with Crippen LogP contribution in [-0.4, -0.2) is 41.1 Å². The van der Waals surface area contributed by atoms with Crippen molar-refractivity contribution >= 4 is 34.9 Å². The number of nitrogens with zero attached hydrogens (tertiary/aromatic N) is 1. The Morgan fingerprint density at radius 1 is 1.17 bits per heavy atom. The first-order chi connectivity index (χ1) is 11.3. The van der Waals surface area contributed by atoms with E-state index in [2.05, 4.69) is 0 Å². The van der Waals surface area contributed by atoms with E-state index in [4.69, 9.17) is 27.9 Å². The lowest BCUT2D eigenvalue weighted by Gasteiger charge is -2.33. The lowest BCUT2D eigenvalue weighted by molar-refractivity contribution is -0.137. The molecule has 0 unspecified atom stereocenters. The molecule has 1 amide bonds. The van der Waals surface area contributed by atoms with Crippen LogP contribution in [0.2, 0.25) is 0 Å². The summed E-state index contributed by atoms with van der Waals surface area (Å²) in [5.74, 6) is 0.816. The van der Waals surface area contributed by atoms with Gasteiger partial charge in [-0.3, -0.25) is 9.59 Å². The second-order valence-corrected chi connectivity index (χ2v) is 8.36. The van der Waals surface area contributed by atoms with Gasteiger partial charge in [-0.15, -0.1) is 23.2 Å². The van der Waals surface area contributed by atoms with Gasteiger partial charge < -0.3 is 9.64 Å². The molecular formula is C18H21Cl2NO3. The van der Waals surface area contributed by atoms with Crippen LogP contribution in [0.3, 0.4) is 0 Å². The van der Waals surface area contributed by atoms with Gasteiger partial charge in [0.25, 0.3) is 0 Å². The zero-order valence-electron chi connectivity index (χ0n) is 13.9. The van der Waals surface area contributed by atoms with Crippen molar-refractivity contribution < 1.29 is 14.3 Å². The van der Waals surface area contributed by atoms with Crippen molar-refractivity contribution in [1.29, 1.82) is 0 Å². The Morgan fingerprint density at radius 2 is 1.71 bits per heavy atom. The van der Waals surface area contributed by atoms with Gasteiger partial charge >= 0.3 is 0 Å². The molecule has 24 heavy (non-hydrogen) atoms. The fourth-order valence-corrected chi connectivity index (χ4v) is 4.01. The number of amides is 1. The number of hydrogen-bond acceptors (Lipinski definition) is 3. The van der Waals surface area contributed by atoms with E-state index in [9.17, 15) is 9.59 Å². The van der Waals surface area contributed by atoms with Gasteiger partial charge in [-0.1, -0.05) is 0 Å². The fourth-order valence-electron chi connectivity index (χ4n) is 3.32. The zero-order chi connectivity index (χ0) is 17.5. The fraction of sp³-hybridized carbons (Fsp3) is 0.556. The molecule has 1 heterocycles. The van der Waals surface area contributed by atoms with Crippen molar-refractivity contribution in [2.75, 3.05) is 20.2 Å². The predicted molar refractivity (Wildman–Crippen MR) is 93.8 cm³/mol. The van der Waals surface area contributed by atoms with E-state index in [0.29, 0.717) is 37.9 Å². The predicted octanol–water partition coefficient (Wildman–Crippen LogP) is 3.70. The van der Waals surface area contributed by atoms with Crippen molar-refractivity contribution in [2.45, 2.75) is 30.5 Å². The molecule has 1 saturated carbocycles. The topological polar surface area (TPSA) is 46.6 Å². The molecule has 2 fully saturated rings. The summed E-state index contributed by atoms with van der Waals surface area (Å²) in [7, 11) is 1.60. The van der Waals surface area contributed by atoms with E-state index < -0.39 is 9.75 Å². The third-order valence-electron chi connectivity index (χ3n) is 5.26. The van der Waals surface area contributed by atoms with Crippen LogP contribution in [0.5, 0.6) is 5.75 Å². The Bertz CT molecular complexity index is 651. The second kappa shape index (κ2) is 6.23. The lowest BCUT2D eigenvalue weighted by Crippen LogP contribution is -2.44. The Morgan fingerprint density at radius 3 is 2.17 bits per heavy atom. The average molecular weight is 370 g/mol. The third kappa shape index (κ3) is 3.02. The molecule has 0 spiro atoms. The van der Waals surface area contributed by atoms with Gasteiger partial charge in [0.2, 0.25) is 5.91 Å². The number of Topliss-reactive ketones (excluding diaryl/α,β-unsaturated/α-hetero) is 1. The molecule has 0 N–H and O–H groups in total. The van der Waals surface area contributed by atoms with Crippen LogP contribution in [0, 0.1) is 11.3 Å². The highest BCUT2D eigenvalue weighted by Crippen LogP contribution is 2.64. The summed E-state index contributed by atoms with van der Waals surface area (Å²) in [6, 6.07) is 7.17. The van der Waals surface area contributed by atoms with E-state index in [-0.39, 0.29) is 17.6 Å². The summed E-state index contributed by atoms with van der Waals surface area (Å²) in [6.07, 6.45) is 1.83. The minimum atomic E-state index is -0.945. The molecule has 0 radical (unpaired) electrons. The maximum absolute atomic E-state index is 12.6. The van der Waals surface area contributed by atoms with Crippen LogP contribution in [-0.2, 0) is 4.79 Å². The van der Waals surface area contributed by atoms with E-state index in [0.717, 1.165) is 5.75 Å². The number of carbonyl (C=O) groups is 2. The van der Waals surface area contributed by atoms with Gasteiger partial charge in [-0.25, -0.2) is 0 Å². The zero-order valence-corrected chi connectivity index (χ0v) is 15.4. The summed E-state index contributed by atoms with van der Waals surface area (Å²) >= 11 is 12.2. The number of hydrogen-bond donors (Lipinski definition) is 0. The molecule has 1 saturated heterocycles. The summed E-state index contributed by atoms with van der Waals surface area (Å²) in [6.45, 7) is 2.96. The second-order valence-electron chi connectivity index (χ2n) is 6.87. The molecule has 1 aromatic rings. The molecule has 1 aliphatic heterocycles. The summed E-state index contributed by atoms with van der Waals surface area (Å²) < 4.78 is 4.17. The van der Waals surface area contributed by atoms with Gasteiger partial charge in [-0.2, -0.15) is 0 Å². The third-order valence-corrected chi connectivity index (χ3v) is 6.36. The SMILES string of the molecule is COc1ccc(C(=O)C2CCN(C(=O)[C@]3(C)CC3(Cl)Cl)CC2)cc1. The van der Waals surface area contributed by atoms with Crippen LogP contribution >= 0.6 is 23.2 Å². The Balaban J connectivity index is 1.58. The van der Waals surface area contributed by atoms with Crippen LogP contribution in [0.15, 0.2) is 24.3 Å². The molecule has 1 aromatic carbocycles. The summed E-state index contributed by atoms with van der Waals surface area (Å²) in [5, 5.41) is 0. The van der Waals surface area contributed by atoms with Crippen molar-refractivity contribution in [3.63, 3.8) is 0 Å². The maximum atomic E-state index is 12.6. The maximum Gasteiger partial charge on any atom is 0.231 e. The number of ether oxygens (including phenoxy) is 1. The van der Waals surface area contributed by atoms with E-state index >= 15 is 0 Å². The monoisotopic (exact) mass is 369 g/mol. The molecular weight excluding hydrogens is 349 g/mol. The van der Waals surface area contributed by atoms with Gasteiger partial charge in [0.1, 0.15) is 10.1 Å². The highest BCUT2D eigenvalue weighted by atomic mass is 35.5. The molecule has 2 aliphatic rings. The number of ketones is 1. The standard InChI is InChI=1S/C18H21Cl2NO3/c1-17(11-18(17,19)20)16(23)21-9-7-13(8-10-21)15(22)12-3-5-14(24-2)6-4-12/h3-6,13H,7-11H2,1-2H3/t17-/m0/s1. The molecule has 0 bridgehead atoms. The highest BCUT2D eigenvalue weighted by Gasteiger charge is 2.68. The number of rotatable bonds is 4. The Kier molecular flexibility index (Phi) is 4.56. The van der Waals surface area contributed by atoms with Crippen LogP contribution in [0.4, 0.5) is 0 Å². The average Bonchev–Trinajstić information content (AvgIpc) is 3.13. The first-order valence-corrected chi connectivity index (χ1v) is 8.89. The smallest absolute Gasteiger partial charge is 0.231 e. The minimum Gasteiger partial charge on any atom is -0.497 e. The molecule has 4 nitrogen and oxygen atoms in total. The van der Waals surface area contributed by atoms with Gasteiger partial charge in [-0.05, 0) is 50.5 Å². The Labute approximate surface area is 152 Å². The Hall–Kier alpha value is -1.26. The number of piperidine rings is 1.